The topological polar surface area (TPSA) is 125 Å². The number of carbonyl (C=O) groups excluding carboxylic acids is 3. The van der Waals surface area contributed by atoms with Gasteiger partial charge in [-0.3, -0.25) is 14.9 Å². The third-order valence-corrected chi connectivity index (χ3v) is 4.64. The second-order valence-electron chi connectivity index (χ2n) is 7.05. The maximum Gasteiger partial charge on any atom is 0.349 e. The summed E-state index contributed by atoms with van der Waals surface area (Å²) in [5, 5.41) is 13.9. The minimum Gasteiger partial charge on any atom is -0.424 e. The first-order chi connectivity index (χ1) is 15.8. The van der Waals surface area contributed by atoms with Crippen molar-refractivity contribution >= 4 is 23.5 Å². The van der Waals surface area contributed by atoms with E-state index in [0.29, 0.717) is 0 Å². The van der Waals surface area contributed by atoms with Crippen LogP contribution in [0.1, 0.15) is 12.5 Å². The Morgan fingerprint density at radius 1 is 0.818 bits per heavy atom. The number of nitrogens with one attached hydrogen (secondary N) is 1. The zero-order valence-electron chi connectivity index (χ0n) is 17.6. The maximum absolute atomic E-state index is 13.4. The molecular formula is C24H20N2O7. The summed E-state index contributed by atoms with van der Waals surface area (Å²) in [6, 6.07) is 21.4. The molecule has 0 spiro atoms. The molecule has 0 saturated carbocycles. The van der Waals surface area contributed by atoms with Crippen LogP contribution in [0.15, 0.2) is 84.9 Å². The van der Waals surface area contributed by atoms with Crippen LogP contribution >= 0.6 is 0 Å². The fraction of sp³-hybridized carbons (Fsp3) is 0.125. The first-order valence-corrected chi connectivity index (χ1v) is 9.87. The number of nitro benzene ring substituents is 1. The molecule has 0 aliphatic carbocycles. The predicted molar refractivity (Wildman–Crippen MR) is 118 cm³/mol. The number of amides is 1. The molecule has 0 saturated heterocycles. The van der Waals surface area contributed by atoms with Crippen LogP contribution in [0, 0.1) is 10.1 Å². The number of nitro groups is 1. The van der Waals surface area contributed by atoms with Gasteiger partial charge in [0, 0.05) is 25.0 Å². The van der Waals surface area contributed by atoms with Gasteiger partial charge in [0.1, 0.15) is 11.5 Å². The van der Waals surface area contributed by atoms with Crippen LogP contribution in [0.2, 0.25) is 0 Å². The van der Waals surface area contributed by atoms with E-state index in [9.17, 15) is 24.5 Å². The number of hydrogen-bond acceptors (Lipinski definition) is 7. The van der Waals surface area contributed by atoms with Crippen LogP contribution in [0.3, 0.4) is 0 Å². The van der Waals surface area contributed by atoms with Gasteiger partial charge in [-0.25, -0.2) is 9.59 Å². The van der Waals surface area contributed by atoms with Gasteiger partial charge in [0.2, 0.25) is 11.4 Å². The van der Waals surface area contributed by atoms with Crippen molar-refractivity contribution in [2.75, 3.05) is 0 Å². The van der Waals surface area contributed by atoms with E-state index >= 15 is 0 Å². The molecule has 0 fully saturated rings. The van der Waals surface area contributed by atoms with Crippen molar-refractivity contribution in [3.05, 3.63) is 101 Å². The number of rotatable bonds is 8. The Labute approximate surface area is 189 Å². The highest BCUT2D eigenvalue weighted by molar-refractivity contribution is 6.09. The fourth-order valence-electron chi connectivity index (χ4n) is 3.16. The SMILES string of the molecule is CC(=O)NC(Cc1ccccc1[N+](=O)[O-])(C(=O)Oc1ccccc1)C(=O)Oc1ccccc1. The molecule has 0 radical (unpaired) electrons. The van der Waals surface area contributed by atoms with Crippen LogP contribution in [0.25, 0.3) is 0 Å². The van der Waals surface area contributed by atoms with Crippen molar-refractivity contribution < 1.29 is 28.8 Å². The standard InChI is InChI=1S/C24H20N2O7/c1-17(27)25-24(22(28)32-19-11-4-2-5-12-19,23(29)33-20-13-6-3-7-14-20)16-18-10-8-9-15-21(18)26(30)31/h2-15H,16H2,1H3,(H,25,27). The number of nitrogens with zero attached hydrogens (tertiary/aromatic N) is 1. The van der Waals surface area contributed by atoms with Crippen molar-refractivity contribution in [3.63, 3.8) is 0 Å². The van der Waals surface area contributed by atoms with Crippen molar-refractivity contribution in [1.82, 2.24) is 5.32 Å². The van der Waals surface area contributed by atoms with E-state index in [0.717, 1.165) is 6.92 Å². The fourth-order valence-corrected chi connectivity index (χ4v) is 3.16. The highest BCUT2D eigenvalue weighted by Gasteiger charge is 2.52. The van der Waals surface area contributed by atoms with Gasteiger partial charge in [-0.15, -0.1) is 0 Å². The zero-order valence-corrected chi connectivity index (χ0v) is 17.6. The number of para-hydroxylation sites is 3. The van der Waals surface area contributed by atoms with Gasteiger partial charge in [-0.2, -0.15) is 0 Å². The quantitative estimate of drug-likeness (QED) is 0.184. The number of benzene rings is 3. The molecule has 0 bridgehead atoms. The molecule has 33 heavy (non-hydrogen) atoms. The van der Waals surface area contributed by atoms with E-state index < -0.39 is 34.7 Å². The van der Waals surface area contributed by atoms with Gasteiger partial charge in [-0.1, -0.05) is 54.6 Å². The van der Waals surface area contributed by atoms with Gasteiger partial charge in [0.25, 0.3) is 5.69 Å². The van der Waals surface area contributed by atoms with Crippen LogP contribution < -0.4 is 14.8 Å². The van der Waals surface area contributed by atoms with Crippen molar-refractivity contribution in [1.29, 1.82) is 0 Å². The molecule has 0 atom stereocenters. The number of carbonyl (C=O) groups is 3. The predicted octanol–water partition coefficient (Wildman–Crippen LogP) is 3.22. The Kier molecular flexibility index (Phi) is 7.14. The molecule has 0 aliphatic rings. The minimum absolute atomic E-state index is 0.0336. The average Bonchev–Trinajstić information content (AvgIpc) is 2.79. The summed E-state index contributed by atoms with van der Waals surface area (Å²) in [6.07, 6.45) is -0.568. The largest absolute Gasteiger partial charge is 0.424 e. The molecule has 3 aromatic rings. The van der Waals surface area contributed by atoms with E-state index in [4.69, 9.17) is 9.47 Å². The monoisotopic (exact) mass is 448 g/mol. The Morgan fingerprint density at radius 3 is 1.73 bits per heavy atom. The van der Waals surface area contributed by atoms with Gasteiger partial charge in [-0.05, 0) is 24.3 Å². The number of hydrogen-bond donors (Lipinski definition) is 1. The van der Waals surface area contributed by atoms with Gasteiger partial charge < -0.3 is 14.8 Å². The summed E-state index contributed by atoms with van der Waals surface area (Å²) >= 11 is 0. The van der Waals surface area contributed by atoms with Gasteiger partial charge in [0.05, 0.1) is 4.92 Å². The molecule has 0 heterocycles. The van der Waals surface area contributed by atoms with Crippen molar-refractivity contribution in [3.8, 4) is 11.5 Å². The zero-order chi connectivity index (χ0) is 23.8. The molecule has 0 aromatic heterocycles. The Hall–Kier alpha value is -4.53. The summed E-state index contributed by atoms with van der Waals surface area (Å²) in [5.41, 5.74) is -2.69. The average molecular weight is 448 g/mol. The smallest absolute Gasteiger partial charge is 0.349 e. The molecule has 168 valence electrons. The number of ether oxygens (including phenoxy) is 2. The summed E-state index contributed by atoms with van der Waals surface area (Å²) < 4.78 is 10.8. The van der Waals surface area contributed by atoms with Crippen LogP contribution in [0.5, 0.6) is 11.5 Å². The molecule has 3 rings (SSSR count). The second kappa shape index (κ2) is 10.2. The van der Waals surface area contributed by atoms with Crippen LogP contribution in [-0.4, -0.2) is 28.3 Å². The summed E-state index contributed by atoms with van der Waals surface area (Å²) in [7, 11) is 0. The van der Waals surface area contributed by atoms with Crippen LogP contribution in [-0.2, 0) is 20.8 Å². The van der Waals surface area contributed by atoms with E-state index in [1.54, 1.807) is 36.4 Å². The lowest BCUT2D eigenvalue weighted by molar-refractivity contribution is -0.385. The highest BCUT2D eigenvalue weighted by atomic mass is 16.6. The summed E-state index contributed by atoms with van der Waals surface area (Å²) in [4.78, 5) is 49.8. The lowest BCUT2D eigenvalue weighted by atomic mass is 9.89. The normalized spacial score (nSPS) is 10.7. The molecule has 0 unspecified atom stereocenters. The van der Waals surface area contributed by atoms with E-state index in [1.165, 1.54) is 48.5 Å². The third kappa shape index (κ3) is 5.59. The first-order valence-electron chi connectivity index (χ1n) is 9.87. The van der Waals surface area contributed by atoms with E-state index in [1.807, 2.05) is 0 Å². The van der Waals surface area contributed by atoms with Gasteiger partial charge >= 0.3 is 11.9 Å². The summed E-state index contributed by atoms with van der Waals surface area (Å²) in [5.74, 6) is -2.80. The van der Waals surface area contributed by atoms with Gasteiger partial charge in [0.15, 0.2) is 0 Å². The third-order valence-electron chi connectivity index (χ3n) is 4.64. The van der Waals surface area contributed by atoms with E-state index in [-0.39, 0.29) is 22.7 Å². The Balaban J connectivity index is 2.10. The van der Waals surface area contributed by atoms with Crippen LogP contribution in [0.4, 0.5) is 5.69 Å². The Bertz CT molecular complexity index is 1110. The molecule has 3 aromatic carbocycles. The molecule has 9 nitrogen and oxygen atoms in total. The molecule has 9 heteroatoms. The minimum atomic E-state index is -2.40. The summed E-state index contributed by atoms with van der Waals surface area (Å²) in [6.45, 7) is 1.11. The Morgan fingerprint density at radius 2 is 1.27 bits per heavy atom. The first kappa shape index (κ1) is 23.1. The molecule has 1 N–H and O–H groups in total. The maximum atomic E-state index is 13.4. The molecular weight excluding hydrogens is 428 g/mol. The highest BCUT2D eigenvalue weighted by Crippen LogP contribution is 2.27. The molecule has 1 amide bonds. The van der Waals surface area contributed by atoms with Crippen molar-refractivity contribution in [2.45, 2.75) is 18.9 Å². The number of esters is 2. The lowest BCUT2D eigenvalue weighted by Crippen LogP contribution is -2.64. The van der Waals surface area contributed by atoms with E-state index in [2.05, 4.69) is 5.32 Å². The second-order valence-corrected chi connectivity index (χ2v) is 7.05. The molecule has 0 aliphatic heterocycles. The lowest BCUT2D eigenvalue weighted by Gasteiger charge is -2.29. The van der Waals surface area contributed by atoms with Crippen molar-refractivity contribution in [2.24, 2.45) is 0 Å².